The second kappa shape index (κ2) is 8.50. The van der Waals surface area contributed by atoms with E-state index in [9.17, 15) is 8.42 Å². The number of fused-ring (bicyclic) bond motifs is 2. The summed E-state index contributed by atoms with van der Waals surface area (Å²) in [6, 6.07) is 18.5. The molecule has 1 heterocycles. The maximum Gasteiger partial charge on any atom is 0.262 e. The van der Waals surface area contributed by atoms with Crippen LogP contribution in [0.25, 0.3) is 21.7 Å². The Morgan fingerprint density at radius 2 is 1.70 bits per heavy atom. The predicted octanol–water partition coefficient (Wildman–Crippen LogP) is 5.01. The maximum absolute atomic E-state index is 13.1. The van der Waals surface area contributed by atoms with E-state index in [0.717, 1.165) is 42.3 Å². The molecule has 156 valence electrons. The lowest BCUT2D eigenvalue weighted by atomic mass is 10.1. The molecule has 4 rings (SSSR count). The zero-order valence-corrected chi connectivity index (χ0v) is 18.2. The van der Waals surface area contributed by atoms with Crippen LogP contribution in [0.3, 0.4) is 0 Å². The average Bonchev–Trinajstić information content (AvgIpc) is 3.16. The standard InChI is InChI=1S/C24H27N3O2S/c1-3-27(4-2)15-14-19-17-25-23-16-20(12-13-21(19)23)26-30(28,29)24-11-7-9-18-8-5-6-10-22(18)24/h5-13,16-17,25-26H,3-4,14-15H2,1-2H3. The van der Waals surface area contributed by atoms with Gasteiger partial charge >= 0.3 is 0 Å². The van der Waals surface area contributed by atoms with Gasteiger partial charge in [-0.15, -0.1) is 0 Å². The molecule has 0 amide bonds. The number of hydrogen-bond donors (Lipinski definition) is 2. The number of aromatic nitrogens is 1. The van der Waals surface area contributed by atoms with Crippen LogP contribution in [-0.4, -0.2) is 37.9 Å². The minimum atomic E-state index is -3.70. The normalized spacial score (nSPS) is 12.1. The van der Waals surface area contributed by atoms with Crippen molar-refractivity contribution in [3.8, 4) is 0 Å². The van der Waals surface area contributed by atoms with Gasteiger partial charge in [-0.1, -0.05) is 56.3 Å². The number of rotatable bonds is 8. The number of benzene rings is 3. The van der Waals surface area contributed by atoms with Crippen molar-refractivity contribution in [1.82, 2.24) is 9.88 Å². The smallest absolute Gasteiger partial charge is 0.262 e. The van der Waals surface area contributed by atoms with E-state index in [1.54, 1.807) is 12.1 Å². The zero-order valence-electron chi connectivity index (χ0n) is 17.4. The lowest BCUT2D eigenvalue weighted by Gasteiger charge is -2.17. The molecule has 3 aromatic carbocycles. The molecule has 4 aromatic rings. The minimum Gasteiger partial charge on any atom is -0.361 e. The summed E-state index contributed by atoms with van der Waals surface area (Å²) >= 11 is 0. The molecular formula is C24H27N3O2S. The van der Waals surface area contributed by atoms with Gasteiger partial charge in [0.1, 0.15) is 0 Å². The van der Waals surface area contributed by atoms with Crippen molar-refractivity contribution in [3.63, 3.8) is 0 Å². The molecule has 0 fully saturated rings. The van der Waals surface area contributed by atoms with E-state index in [-0.39, 0.29) is 4.90 Å². The Morgan fingerprint density at radius 1 is 0.933 bits per heavy atom. The monoisotopic (exact) mass is 421 g/mol. The topological polar surface area (TPSA) is 65.2 Å². The maximum atomic E-state index is 13.1. The molecule has 0 radical (unpaired) electrons. The second-order valence-corrected chi connectivity index (χ2v) is 9.08. The SMILES string of the molecule is CCN(CC)CCc1c[nH]c2cc(NS(=O)(=O)c3cccc4ccccc34)ccc12. The summed E-state index contributed by atoms with van der Waals surface area (Å²) in [5, 5.41) is 2.75. The lowest BCUT2D eigenvalue weighted by molar-refractivity contribution is 0.308. The fourth-order valence-electron chi connectivity index (χ4n) is 3.92. The molecule has 0 unspecified atom stereocenters. The Labute approximate surface area is 177 Å². The lowest BCUT2D eigenvalue weighted by Crippen LogP contribution is -2.25. The van der Waals surface area contributed by atoms with Crippen LogP contribution in [-0.2, 0) is 16.4 Å². The van der Waals surface area contributed by atoms with E-state index in [1.807, 2.05) is 54.7 Å². The van der Waals surface area contributed by atoms with Gasteiger partial charge in [-0.25, -0.2) is 8.42 Å². The Bertz CT molecular complexity index is 1270. The number of H-pyrrole nitrogens is 1. The fraction of sp³-hybridized carbons (Fsp3) is 0.250. The highest BCUT2D eigenvalue weighted by Gasteiger charge is 2.18. The summed E-state index contributed by atoms with van der Waals surface area (Å²) in [7, 11) is -3.70. The van der Waals surface area contributed by atoms with Gasteiger partial charge in [0.25, 0.3) is 10.0 Å². The van der Waals surface area contributed by atoms with Gasteiger partial charge in [-0.3, -0.25) is 4.72 Å². The van der Waals surface area contributed by atoms with Crippen molar-refractivity contribution >= 4 is 37.4 Å². The first-order valence-corrected chi connectivity index (χ1v) is 11.8. The molecule has 6 heteroatoms. The molecule has 1 aromatic heterocycles. The van der Waals surface area contributed by atoms with Crippen LogP contribution in [0.15, 0.2) is 71.8 Å². The van der Waals surface area contributed by atoms with E-state index in [2.05, 4.69) is 28.5 Å². The summed E-state index contributed by atoms with van der Waals surface area (Å²) < 4.78 is 28.9. The highest BCUT2D eigenvalue weighted by molar-refractivity contribution is 7.93. The zero-order chi connectivity index (χ0) is 21.1. The highest BCUT2D eigenvalue weighted by atomic mass is 32.2. The molecule has 0 saturated carbocycles. The van der Waals surface area contributed by atoms with Gasteiger partial charge in [0, 0.05) is 29.0 Å². The minimum absolute atomic E-state index is 0.284. The van der Waals surface area contributed by atoms with E-state index in [4.69, 9.17) is 0 Å². The van der Waals surface area contributed by atoms with Crippen LogP contribution in [0, 0.1) is 0 Å². The molecule has 5 nitrogen and oxygen atoms in total. The third-order valence-corrected chi connectivity index (χ3v) is 7.09. The number of aromatic amines is 1. The van der Waals surface area contributed by atoms with E-state index in [1.165, 1.54) is 5.56 Å². The largest absolute Gasteiger partial charge is 0.361 e. The molecule has 2 N–H and O–H groups in total. The fourth-order valence-corrected chi connectivity index (χ4v) is 5.20. The Balaban J connectivity index is 1.59. The highest BCUT2D eigenvalue weighted by Crippen LogP contribution is 2.27. The molecule has 0 aliphatic rings. The second-order valence-electron chi connectivity index (χ2n) is 7.43. The van der Waals surface area contributed by atoms with Crippen LogP contribution in [0.5, 0.6) is 0 Å². The number of anilines is 1. The van der Waals surface area contributed by atoms with Crippen molar-refractivity contribution in [3.05, 3.63) is 72.4 Å². The van der Waals surface area contributed by atoms with E-state index < -0.39 is 10.0 Å². The van der Waals surface area contributed by atoms with Gasteiger partial charge in [0.2, 0.25) is 0 Å². The summed E-state index contributed by atoms with van der Waals surface area (Å²) in [5.74, 6) is 0. The molecule has 0 saturated heterocycles. The number of nitrogens with one attached hydrogen (secondary N) is 2. The van der Waals surface area contributed by atoms with Crippen molar-refractivity contribution in [2.24, 2.45) is 0 Å². The molecular weight excluding hydrogens is 394 g/mol. The number of likely N-dealkylation sites (N-methyl/N-ethyl adjacent to an activating group) is 1. The summed E-state index contributed by atoms with van der Waals surface area (Å²) in [6.07, 6.45) is 2.99. The van der Waals surface area contributed by atoms with Gasteiger partial charge < -0.3 is 9.88 Å². The van der Waals surface area contributed by atoms with Gasteiger partial charge in [-0.2, -0.15) is 0 Å². The predicted molar refractivity (Wildman–Crippen MR) is 125 cm³/mol. The molecule has 0 atom stereocenters. The Hall–Kier alpha value is -2.83. The van der Waals surface area contributed by atoms with Gasteiger partial charge in [0.15, 0.2) is 0 Å². The number of nitrogens with zero attached hydrogens (tertiary/aromatic N) is 1. The average molecular weight is 422 g/mol. The third-order valence-electron chi connectivity index (χ3n) is 5.65. The summed E-state index contributed by atoms with van der Waals surface area (Å²) in [4.78, 5) is 5.97. The van der Waals surface area contributed by atoms with Crippen LogP contribution in [0.1, 0.15) is 19.4 Å². The molecule has 0 aliphatic heterocycles. The molecule has 30 heavy (non-hydrogen) atoms. The van der Waals surface area contributed by atoms with Gasteiger partial charge in [-0.05, 0) is 48.7 Å². The Morgan fingerprint density at radius 3 is 2.50 bits per heavy atom. The summed E-state index contributed by atoms with van der Waals surface area (Å²) in [6.45, 7) is 7.44. The van der Waals surface area contributed by atoms with Crippen LogP contribution in [0.2, 0.25) is 0 Å². The van der Waals surface area contributed by atoms with Crippen molar-refractivity contribution < 1.29 is 8.42 Å². The first-order chi connectivity index (χ1) is 14.5. The van der Waals surface area contributed by atoms with E-state index >= 15 is 0 Å². The van der Waals surface area contributed by atoms with Crippen LogP contribution in [0.4, 0.5) is 5.69 Å². The third kappa shape index (κ3) is 4.06. The quantitative estimate of drug-likeness (QED) is 0.420. The molecule has 0 aliphatic carbocycles. The molecule has 0 spiro atoms. The van der Waals surface area contributed by atoms with Gasteiger partial charge in [0.05, 0.1) is 10.6 Å². The number of sulfonamides is 1. The Kier molecular flexibility index (Phi) is 5.79. The van der Waals surface area contributed by atoms with Crippen LogP contribution < -0.4 is 4.72 Å². The van der Waals surface area contributed by atoms with Crippen molar-refractivity contribution in [2.75, 3.05) is 24.4 Å². The van der Waals surface area contributed by atoms with E-state index in [0.29, 0.717) is 11.1 Å². The summed E-state index contributed by atoms with van der Waals surface area (Å²) in [5.41, 5.74) is 2.73. The van der Waals surface area contributed by atoms with Crippen molar-refractivity contribution in [2.45, 2.75) is 25.2 Å². The first-order valence-electron chi connectivity index (χ1n) is 10.3. The first kappa shape index (κ1) is 20.4. The van der Waals surface area contributed by atoms with Crippen molar-refractivity contribution in [1.29, 1.82) is 0 Å². The van der Waals surface area contributed by atoms with Crippen LogP contribution >= 0.6 is 0 Å². The molecule has 0 bridgehead atoms. The number of hydrogen-bond acceptors (Lipinski definition) is 3.